The number of benzene rings is 1. The molecule has 0 radical (unpaired) electrons. The molecule has 1 aromatic carbocycles. The van der Waals surface area contributed by atoms with Gasteiger partial charge in [0.1, 0.15) is 5.75 Å². The third-order valence-electron chi connectivity index (χ3n) is 1.51. The van der Waals surface area contributed by atoms with Gasteiger partial charge < -0.3 is 5.11 Å². The lowest BCUT2D eigenvalue weighted by Crippen LogP contribution is -1.77. The summed E-state index contributed by atoms with van der Waals surface area (Å²) in [5.41, 5.74) is 1.72. The molecule has 0 unspecified atom stereocenters. The minimum Gasteiger partial charge on any atom is -0.508 e. The van der Waals surface area contributed by atoms with Gasteiger partial charge >= 0.3 is 0 Å². The van der Waals surface area contributed by atoms with Gasteiger partial charge in [-0.25, -0.2) is 0 Å². The highest BCUT2D eigenvalue weighted by atomic mass is 79.9. The number of phenolic OH excluding ortho intramolecular Hbond substituents is 1. The molecule has 0 heterocycles. The van der Waals surface area contributed by atoms with Crippen molar-refractivity contribution >= 4 is 15.9 Å². The maximum atomic E-state index is 9.32. The van der Waals surface area contributed by atoms with Crippen molar-refractivity contribution in [3.63, 3.8) is 0 Å². The molecule has 0 saturated carbocycles. The molecule has 0 aliphatic heterocycles. The topological polar surface area (TPSA) is 20.2 Å². The van der Waals surface area contributed by atoms with Gasteiger partial charge in [-0.1, -0.05) is 33.8 Å². The molecule has 0 aliphatic rings. The first-order valence-electron chi connectivity index (χ1n) is 3.58. The second-order valence-corrected chi connectivity index (χ2v) is 3.00. The summed E-state index contributed by atoms with van der Waals surface area (Å²) >= 11 is 3.20. The van der Waals surface area contributed by atoms with Gasteiger partial charge in [0.15, 0.2) is 0 Å². The lowest BCUT2D eigenvalue weighted by Gasteiger charge is -1.97. The average molecular weight is 225 g/mol. The van der Waals surface area contributed by atoms with Crippen LogP contribution in [0.4, 0.5) is 0 Å². The fraction of sp³-hybridized carbons (Fsp3) is 0.200. The summed E-state index contributed by atoms with van der Waals surface area (Å²) in [5, 5.41) is 9.97. The zero-order chi connectivity index (χ0) is 8.97. The Morgan fingerprint density at radius 2 is 2.25 bits per heavy atom. The molecule has 2 heteroatoms. The monoisotopic (exact) mass is 224 g/mol. The highest BCUT2D eigenvalue weighted by Crippen LogP contribution is 2.16. The standard InChI is InChI=1S/C10H9BrO/c1-8-4-5-9(3-2-6-11)7-10(8)12/h4-5,7,12H,6H2,1H3. The van der Waals surface area contributed by atoms with Crippen molar-refractivity contribution in [2.24, 2.45) is 0 Å². The minimum atomic E-state index is 0.302. The highest BCUT2D eigenvalue weighted by Gasteiger charge is 1.94. The Balaban J connectivity index is 2.97. The Labute approximate surface area is 80.6 Å². The zero-order valence-electron chi connectivity index (χ0n) is 6.76. The quantitative estimate of drug-likeness (QED) is 0.531. The summed E-state index contributed by atoms with van der Waals surface area (Å²) in [6, 6.07) is 5.42. The van der Waals surface area contributed by atoms with Crippen molar-refractivity contribution in [2.75, 3.05) is 5.33 Å². The van der Waals surface area contributed by atoms with E-state index in [2.05, 4.69) is 27.8 Å². The molecule has 0 bridgehead atoms. The molecule has 0 aliphatic carbocycles. The van der Waals surface area contributed by atoms with Crippen LogP contribution < -0.4 is 0 Å². The molecule has 1 rings (SSSR count). The summed E-state index contributed by atoms with van der Waals surface area (Å²) in [6.45, 7) is 1.86. The summed E-state index contributed by atoms with van der Waals surface area (Å²) < 4.78 is 0. The Morgan fingerprint density at radius 3 is 2.83 bits per heavy atom. The normalized spacial score (nSPS) is 8.83. The zero-order valence-corrected chi connectivity index (χ0v) is 8.35. The molecule has 1 N–H and O–H groups in total. The Bertz CT molecular complexity index is 333. The van der Waals surface area contributed by atoms with Gasteiger partial charge in [-0.05, 0) is 24.6 Å². The Hall–Kier alpha value is -0.940. The van der Waals surface area contributed by atoms with Gasteiger partial charge in [0.2, 0.25) is 0 Å². The molecule has 1 nitrogen and oxygen atoms in total. The second kappa shape index (κ2) is 4.18. The van der Waals surface area contributed by atoms with Crippen molar-refractivity contribution in [2.45, 2.75) is 6.92 Å². The first-order valence-corrected chi connectivity index (χ1v) is 4.70. The van der Waals surface area contributed by atoms with E-state index in [9.17, 15) is 5.11 Å². The van der Waals surface area contributed by atoms with Gasteiger partial charge in [0, 0.05) is 5.56 Å². The van der Waals surface area contributed by atoms with Crippen LogP contribution in [0.15, 0.2) is 18.2 Å². The van der Waals surface area contributed by atoms with Gasteiger partial charge in [0.05, 0.1) is 5.33 Å². The number of halogens is 1. The predicted octanol–water partition coefficient (Wildman–Crippen LogP) is 2.45. The number of aromatic hydroxyl groups is 1. The molecule has 0 spiro atoms. The van der Waals surface area contributed by atoms with E-state index in [-0.39, 0.29) is 0 Å². The summed E-state index contributed by atoms with van der Waals surface area (Å²) in [6.07, 6.45) is 0. The highest BCUT2D eigenvalue weighted by molar-refractivity contribution is 9.09. The summed E-state index contributed by atoms with van der Waals surface area (Å²) in [7, 11) is 0. The van der Waals surface area contributed by atoms with E-state index in [4.69, 9.17) is 0 Å². The van der Waals surface area contributed by atoms with Crippen LogP contribution in [0.5, 0.6) is 5.75 Å². The third kappa shape index (κ3) is 2.28. The van der Waals surface area contributed by atoms with E-state index in [0.717, 1.165) is 11.1 Å². The van der Waals surface area contributed by atoms with E-state index in [1.54, 1.807) is 6.07 Å². The molecule has 0 fully saturated rings. The largest absolute Gasteiger partial charge is 0.508 e. The van der Waals surface area contributed by atoms with Crippen LogP contribution in [0.25, 0.3) is 0 Å². The fourth-order valence-corrected chi connectivity index (χ4v) is 0.963. The lowest BCUT2D eigenvalue weighted by molar-refractivity contribution is 0.471. The van der Waals surface area contributed by atoms with E-state index in [0.29, 0.717) is 11.1 Å². The number of rotatable bonds is 0. The number of phenols is 1. The number of hydrogen-bond donors (Lipinski definition) is 1. The maximum absolute atomic E-state index is 9.32. The molecule has 62 valence electrons. The molecular weight excluding hydrogens is 216 g/mol. The first-order chi connectivity index (χ1) is 5.74. The van der Waals surface area contributed by atoms with Crippen molar-refractivity contribution in [1.82, 2.24) is 0 Å². The van der Waals surface area contributed by atoms with Gasteiger partial charge in [-0.15, -0.1) is 0 Å². The molecule has 0 aromatic heterocycles. The third-order valence-corrected chi connectivity index (χ3v) is 1.79. The molecule has 12 heavy (non-hydrogen) atoms. The number of aryl methyl sites for hydroxylation is 1. The van der Waals surface area contributed by atoms with Gasteiger partial charge in [0.25, 0.3) is 0 Å². The van der Waals surface area contributed by atoms with Crippen LogP contribution in [0, 0.1) is 18.8 Å². The molecule has 0 atom stereocenters. The predicted molar refractivity (Wildman–Crippen MR) is 53.5 cm³/mol. The van der Waals surface area contributed by atoms with Crippen LogP contribution >= 0.6 is 15.9 Å². The first kappa shape index (κ1) is 9.15. The van der Waals surface area contributed by atoms with Crippen LogP contribution in [0.3, 0.4) is 0 Å². The van der Waals surface area contributed by atoms with Crippen LogP contribution in [-0.2, 0) is 0 Å². The van der Waals surface area contributed by atoms with E-state index in [1.807, 2.05) is 19.1 Å². The molecule has 1 aromatic rings. The van der Waals surface area contributed by atoms with E-state index < -0.39 is 0 Å². The summed E-state index contributed by atoms with van der Waals surface area (Å²) in [4.78, 5) is 0. The van der Waals surface area contributed by atoms with Crippen LogP contribution in [-0.4, -0.2) is 10.4 Å². The van der Waals surface area contributed by atoms with Crippen LogP contribution in [0.1, 0.15) is 11.1 Å². The van der Waals surface area contributed by atoms with E-state index in [1.165, 1.54) is 0 Å². The molecular formula is C10H9BrO. The van der Waals surface area contributed by atoms with E-state index >= 15 is 0 Å². The SMILES string of the molecule is Cc1ccc(C#CCBr)cc1O. The fourth-order valence-electron chi connectivity index (χ4n) is 0.823. The second-order valence-electron chi connectivity index (χ2n) is 2.44. The Kier molecular flexibility index (Phi) is 3.19. The van der Waals surface area contributed by atoms with Crippen LogP contribution in [0.2, 0.25) is 0 Å². The minimum absolute atomic E-state index is 0.302. The summed E-state index contributed by atoms with van der Waals surface area (Å²) in [5.74, 6) is 6.07. The van der Waals surface area contributed by atoms with Crippen molar-refractivity contribution < 1.29 is 5.11 Å². The average Bonchev–Trinajstić information content (AvgIpc) is 2.07. The van der Waals surface area contributed by atoms with Crippen molar-refractivity contribution in [3.05, 3.63) is 29.3 Å². The molecule has 0 saturated heterocycles. The van der Waals surface area contributed by atoms with Gasteiger partial charge in [-0.3, -0.25) is 0 Å². The van der Waals surface area contributed by atoms with Crippen molar-refractivity contribution in [1.29, 1.82) is 0 Å². The number of hydrogen-bond acceptors (Lipinski definition) is 1. The molecule has 0 amide bonds. The van der Waals surface area contributed by atoms with Crippen molar-refractivity contribution in [3.8, 4) is 17.6 Å². The number of alkyl halides is 1. The maximum Gasteiger partial charge on any atom is 0.119 e. The lowest BCUT2D eigenvalue weighted by atomic mass is 10.1. The van der Waals surface area contributed by atoms with Gasteiger partial charge in [-0.2, -0.15) is 0 Å². The Morgan fingerprint density at radius 1 is 1.50 bits per heavy atom. The smallest absolute Gasteiger partial charge is 0.119 e.